The van der Waals surface area contributed by atoms with Gasteiger partial charge < -0.3 is 24.8 Å². The van der Waals surface area contributed by atoms with Crippen LogP contribution in [0.15, 0.2) is 17.1 Å². The molecule has 166 valence electrons. The first-order valence-corrected chi connectivity index (χ1v) is 11.5. The smallest absolute Gasteiger partial charge is 0.194 e. The quantitative estimate of drug-likeness (QED) is 0.301. The van der Waals surface area contributed by atoms with Crippen molar-refractivity contribution in [1.29, 1.82) is 0 Å². The second kappa shape index (κ2) is 13.3. The fraction of sp³-hybridized carbons (Fsp3) is 0.750. The molecule has 0 bridgehead atoms. The number of piperidine rings is 1. The summed E-state index contributed by atoms with van der Waals surface area (Å²) in [5.74, 6) is 0.860. The molecule has 0 spiro atoms. The molecule has 3 heterocycles. The molecule has 2 unspecified atom stereocenters. The van der Waals surface area contributed by atoms with Gasteiger partial charge in [-0.1, -0.05) is 11.6 Å². The molecule has 3 rings (SSSR count). The second-order valence-corrected chi connectivity index (χ2v) is 9.11. The molecule has 0 amide bonds. The fourth-order valence-electron chi connectivity index (χ4n) is 3.61. The number of hydrogen-bond acceptors (Lipinski definition) is 5. The van der Waals surface area contributed by atoms with E-state index in [4.69, 9.17) is 21.1 Å². The average molecular weight is 558 g/mol. The summed E-state index contributed by atoms with van der Waals surface area (Å²) in [6.07, 6.45) is 5.46. The van der Waals surface area contributed by atoms with Gasteiger partial charge in [0.1, 0.15) is 6.10 Å². The summed E-state index contributed by atoms with van der Waals surface area (Å²) in [5.41, 5.74) is 0. The second-order valence-electron chi connectivity index (χ2n) is 7.36. The van der Waals surface area contributed by atoms with E-state index in [2.05, 4.69) is 22.1 Å². The lowest BCUT2D eigenvalue weighted by atomic mass is 10.1. The average Bonchev–Trinajstić information content (AvgIpc) is 3.17. The first kappa shape index (κ1) is 25.1. The van der Waals surface area contributed by atoms with E-state index in [1.807, 2.05) is 12.1 Å². The summed E-state index contributed by atoms with van der Waals surface area (Å²) in [4.78, 5) is 7.76. The molecule has 2 aliphatic heterocycles. The molecule has 0 saturated carbocycles. The van der Waals surface area contributed by atoms with Gasteiger partial charge in [0.05, 0.1) is 29.7 Å². The van der Waals surface area contributed by atoms with Crippen molar-refractivity contribution in [3.05, 3.63) is 21.3 Å². The highest BCUT2D eigenvalue weighted by atomic mass is 127. The Balaban J connectivity index is 0.00000300. The predicted molar refractivity (Wildman–Crippen MR) is 130 cm³/mol. The van der Waals surface area contributed by atoms with Gasteiger partial charge in [0.2, 0.25) is 0 Å². The Labute approximate surface area is 200 Å². The van der Waals surface area contributed by atoms with E-state index in [0.717, 1.165) is 56.3 Å². The topological polar surface area (TPSA) is 66.3 Å². The maximum absolute atomic E-state index is 10.4. The zero-order valence-corrected chi connectivity index (χ0v) is 20.9. The summed E-state index contributed by atoms with van der Waals surface area (Å²) >= 11 is 7.36. The van der Waals surface area contributed by atoms with E-state index in [1.54, 1.807) is 0 Å². The van der Waals surface area contributed by atoms with Crippen LogP contribution in [0.1, 0.15) is 50.0 Å². The molecule has 2 aliphatic rings. The number of rotatable bonds is 7. The number of halogens is 2. The molecule has 6 nitrogen and oxygen atoms in total. The molecular formula is C20H33ClIN3O3S. The lowest BCUT2D eigenvalue weighted by molar-refractivity contribution is -0.0721. The summed E-state index contributed by atoms with van der Waals surface area (Å²) in [5, 5.41) is 13.7. The fourth-order valence-corrected chi connectivity index (χ4v) is 4.65. The first-order chi connectivity index (χ1) is 13.7. The van der Waals surface area contributed by atoms with Crippen molar-refractivity contribution in [2.75, 3.05) is 39.4 Å². The zero-order valence-electron chi connectivity index (χ0n) is 17.0. The summed E-state index contributed by atoms with van der Waals surface area (Å²) in [7, 11) is 0. The molecule has 9 heteroatoms. The number of thiophene rings is 1. The van der Waals surface area contributed by atoms with E-state index >= 15 is 0 Å². The van der Waals surface area contributed by atoms with Gasteiger partial charge in [-0.3, -0.25) is 4.99 Å². The summed E-state index contributed by atoms with van der Waals surface area (Å²) < 4.78 is 12.5. The lowest BCUT2D eigenvalue weighted by Crippen LogP contribution is -2.47. The van der Waals surface area contributed by atoms with Crippen molar-refractivity contribution in [1.82, 2.24) is 10.2 Å². The molecule has 2 fully saturated rings. The van der Waals surface area contributed by atoms with Crippen LogP contribution in [0.5, 0.6) is 0 Å². The first-order valence-electron chi connectivity index (χ1n) is 10.4. The number of ether oxygens (including phenoxy) is 2. The van der Waals surface area contributed by atoms with Gasteiger partial charge in [0.15, 0.2) is 5.96 Å². The van der Waals surface area contributed by atoms with Gasteiger partial charge in [-0.2, -0.15) is 0 Å². The molecule has 2 saturated heterocycles. The molecule has 29 heavy (non-hydrogen) atoms. The van der Waals surface area contributed by atoms with Crippen LogP contribution in [0.3, 0.4) is 0 Å². The van der Waals surface area contributed by atoms with Gasteiger partial charge in [-0.15, -0.1) is 35.3 Å². The van der Waals surface area contributed by atoms with Gasteiger partial charge in [0, 0.05) is 31.1 Å². The number of guanidine groups is 1. The van der Waals surface area contributed by atoms with E-state index in [-0.39, 0.29) is 30.1 Å². The van der Waals surface area contributed by atoms with Crippen LogP contribution in [-0.4, -0.2) is 67.6 Å². The Kier molecular flexibility index (Phi) is 11.5. The molecule has 1 aromatic heterocycles. The summed E-state index contributed by atoms with van der Waals surface area (Å²) in [6.45, 7) is 6.59. The number of nitrogens with one attached hydrogen (secondary N) is 1. The highest BCUT2D eigenvalue weighted by Gasteiger charge is 2.24. The molecule has 2 atom stereocenters. The van der Waals surface area contributed by atoms with Crippen LogP contribution in [0.2, 0.25) is 4.34 Å². The van der Waals surface area contributed by atoms with Crippen molar-refractivity contribution >= 4 is 52.9 Å². The van der Waals surface area contributed by atoms with E-state index in [9.17, 15) is 5.11 Å². The van der Waals surface area contributed by atoms with E-state index in [0.29, 0.717) is 23.6 Å². The normalized spacial score (nSPS) is 22.2. The van der Waals surface area contributed by atoms with Gasteiger partial charge >= 0.3 is 0 Å². The largest absolute Gasteiger partial charge is 0.386 e. The lowest BCUT2D eigenvalue weighted by Gasteiger charge is -2.35. The Morgan fingerprint density at radius 1 is 1.38 bits per heavy atom. The van der Waals surface area contributed by atoms with Gasteiger partial charge in [0.25, 0.3) is 0 Å². The van der Waals surface area contributed by atoms with E-state index < -0.39 is 6.10 Å². The van der Waals surface area contributed by atoms with Crippen LogP contribution < -0.4 is 5.32 Å². The van der Waals surface area contributed by atoms with Crippen molar-refractivity contribution in [2.24, 2.45) is 4.99 Å². The molecule has 1 aromatic rings. The number of aliphatic hydroxyl groups is 1. The third-order valence-electron chi connectivity index (χ3n) is 5.20. The molecule has 0 aliphatic carbocycles. The Bertz CT molecular complexity index is 620. The highest BCUT2D eigenvalue weighted by molar-refractivity contribution is 14.0. The number of aliphatic hydroxyl groups excluding tert-OH is 1. The van der Waals surface area contributed by atoms with Crippen LogP contribution in [0.25, 0.3) is 0 Å². The SMILES string of the molecule is CCNC(=NCC(O)c1ccc(Cl)s1)N1CCC(OCC2CCCCO2)CC1.I. The Hall–Kier alpha value is -0.130. The minimum atomic E-state index is -0.623. The maximum atomic E-state index is 10.4. The molecule has 2 N–H and O–H groups in total. The molecule has 0 radical (unpaired) electrons. The number of likely N-dealkylation sites (tertiary alicyclic amines) is 1. The van der Waals surface area contributed by atoms with Crippen molar-refractivity contribution in [3.8, 4) is 0 Å². The van der Waals surface area contributed by atoms with Crippen LogP contribution in [0, 0.1) is 0 Å². The number of aliphatic imine (C=N–C) groups is 1. The van der Waals surface area contributed by atoms with Crippen LogP contribution in [-0.2, 0) is 9.47 Å². The third kappa shape index (κ3) is 8.14. The maximum Gasteiger partial charge on any atom is 0.194 e. The van der Waals surface area contributed by atoms with Gasteiger partial charge in [-0.05, 0) is 51.2 Å². The Morgan fingerprint density at radius 2 is 2.17 bits per heavy atom. The van der Waals surface area contributed by atoms with Crippen molar-refractivity contribution < 1.29 is 14.6 Å². The minimum absolute atomic E-state index is 0. The third-order valence-corrected chi connectivity index (χ3v) is 6.54. The predicted octanol–water partition coefficient (Wildman–Crippen LogP) is 4.07. The van der Waals surface area contributed by atoms with Gasteiger partial charge in [-0.25, -0.2) is 0 Å². The van der Waals surface area contributed by atoms with Crippen molar-refractivity contribution in [2.45, 2.75) is 57.3 Å². The van der Waals surface area contributed by atoms with Crippen LogP contribution in [0.4, 0.5) is 0 Å². The highest BCUT2D eigenvalue weighted by Crippen LogP contribution is 2.27. The molecule has 0 aromatic carbocycles. The minimum Gasteiger partial charge on any atom is -0.386 e. The molecular weight excluding hydrogens is 525 g/mol. The van der Waals surface area contributed by atoms with Crippen LogP contribution >= 0.6 is 46.9 Å². The zero-order chi connectivity index (χ0) is 19.8. The Morgan fingerprint density at radius 3 is 2.79 bits per heavy atom. The monoisotopic (exact) mass is 557 g/mol. The summed E-state index contributed by atoms with van der Waals surface area (Å²) in [6, 6.07) is 3.67. The van der Waals surface area contributed by atoms with Crippen molar-refractivity contribution in [3.63, 3.8) is 0 Å². The van der Waals surface area contributed by atoms with E-state index in [1.165, 1.54) is 24.2 Å². The number of hydrogen-bond donors (Lipinski definition) is 2. The standard InChI is InChI=1S/C20H32ClN3O3S.HI/c1-2-22-20(23-13-17(25)18-6-7-19(21)28-18)24-10-8-15(9-11-24)27-14-16-5-3-4-12-26-16;/h6-7,15-17,25H,2-5,8-14H2,1H3,(H,22,23);1H. The number of nitrogens with zero attached hydrogens (tertiary/aromatic N) is 2.